The largest absolute Gasteiger partial charge is 0.299 e. The van der Waals surface area contributed by atoms with E-state index >= 15 is 0 Å². The van der Waals surface area contributed by atoms with Gasteiger partial charge >= 0.3 is 0 Å². The Morgan fingerprint density at radius 3 is 2.50 bits per heavy atom. The number of rotatable bonds is 7. The van der Waals surface area contributed by atoms with E-state index in [2.05, 4.69) is 19.1 Å². The summed E-state index contributed by atoms with van der Waals surface area (Å²) in [4.78, 5) is 0. The van der Waals surface area contributed by atoms with E-state index in [0.29, 0.717) is 0 Å². The van der Waals surface area contributed by atoms with Crippen LogP contribution in [0, 0.1) is 0 Å². The van der Waals surface area contributed by atoms with Gasteiger partial charge in [0, 0.05) is 0 Å². The molecule has 0 aliphatic carbocycles. The maximum Gasteiger partial charge on any atom is 0.139 e. The van der Waals surface area contributed by atoms with Gasteiger partial charge < -0.3 is 0 Å². The first kappa shape index (κ1) is 11.3. The summed E-state index contributed by atoms with van der Waals surface area (Å²) in [6.45, 7) is 2.22. The van der Waals surface area contributed by atoms with Gasteiger partial charge in [-0.2, -0.15) is 0 Å². The van der Waals surface area contributed by atoms with E-state index in [0.717, 1.165) is 19.1 Å². The molecule has 1 heteroatoms. The minimum atomic E-state index is 0.789. The third kappa shape index (κ3) is 9.28. The Hall–Kier alpha value is -0.720. The van der Waals surface area contributed by atoms with Gasteiger partial charge in [-0.15, -0.1) is 0 Å². The molecule has 0 unspecified atom stereocenters. The van der Waals surface area contributed by atoms with Gasteiger partial charge in [-0.3, -0.25) is 5.11 Å². The lowest BCUT2D eigenvalue weighted by Crippen LogP contribution is -1.73. The Kier molecular flexibility index (Phi) is 9.66. The summed E-state index contributed by atoms with van der Waals surface area (Å²) in [5.74, 6) is 0. The lowest BCUT2D eigenvalue weighted by molar-refractivity contribution is 0.350. The summed E-state index contributed by atoms with van der Waals surface area (Å²) >= 11 is 0. The fraction of sp³-hybridized carbons (Fsp3) is 0.636. The standard InChI is InChI=1S/C11H19O/c1-2-3-4-5-6-7-8-9-10-11-12/h7-8,10-11H,2-6,9H2,1H3. The Morgan fingerprint density at radius 2 is 1.83 bits per heavy atom. The van der Waals surface area contributed by atoms with E-state index < -0.39 is 0 Å². The van der Waals surface area contributed by atoms with Crippen molar-refractivity contribution in [3.8, 4) is 0 Å². The summed E-state index contributed by atoms with van der Waals surface area (Å²) in [5.41, 5.74) is 0. The highest BCUT2D eigenvalue weighted by molar-refractivity contribution is 4.89. The van der Waals surface area contributed by atoms with Gasteiger partial charge in [0.25, 0.3) is 0 Å². The molecule has 0 aromatic rings. The van der Waals surface area contributed by atoms with Crippen molar-refractivity contribution in [1.29, 1.82) is 0 Å². The predicted octanol–water partition coefficient (Wildman–Crippen LogP) is 3.85. The Labute approximate surface area is 75.8 Å². The predicted molar refractivity (Wildman–Crippen MR) is 52.3 cm³/mol. The first-order valence-corrected chi connectivity index (χ1v) is 4.83. The van der Waals surface area contributed by atoms with Crippen molar-refractivity contribution in [3.05, 3.63) is 24.5 Å². The summed E-state index contributed by atoms with van der Waals surface area (Å²) in [7, 11) is 0. The van der Waals surface area contributed by atoms with Gasteiger partial charge in [0.15, 0.2) is 0 Å². The molecule has 0 bridgehead atoms. The fourth-order valence-corrected chi connectivity index (χ4v) is 1.04. The highest BCUT2D eigenvalue weighted by atomic mass is 16.2. The summed E-state index contributed by atoms with van der Waals surface area (Å²) in [6.07, 6.45) is 13.9. The van der Waals surface area contributed by atoms with Crippen LogP contribution in [0.2, 0.25) is 0 Å². The molecule has 0 aliphatic heterocycles. The molecule has 0 rings (SSSR count). The van der Waals surface area contributed by atoms with Crippen molar-refractivity contribution in [2.45, 2.75) is 45.4 Å². The number of allylic oxidation sites excluding steroid dienone is 3. The zero-order valence-corrected chi connectivity index (χ0v) is 7.96. The van der Waals surface area contributed by atoms with Crippen LogP contribution < -0.4 is 0 Å². The van der Waals surface area contributed by atoms with Crippen molar-refractivity contribution in [1.82, 2.24) is 0 Å². The molecule has 0 atom stereocenters. The second kappa shape index (κ2) is 10.3. The van der Waals surface area contributed by atoms with Crippen molar-refractivity contribution in [2.24, 2.45) is 0 Å². The van der Waals surface area contributed by atoms with E-state index in [1.54, 1.807) is 6.08 Å². The quantitative estimate of drug-likeness (QED) is 0.312. The summed E-state index contributed by atoms with van der Waals surface area (Å²) in [6, 6.07) is 0. The fourth-order valence-electron chi connectivity index (χ4n) is 1.04. The highest BCUT2D eigenvalue weighted by Crippen LogP contribution is 2.03. The maximum absolute atomic E-state index is 9.89. The monoisotopic (exact) mass is 167 g/mol. The Morgan fingerprint density at radius 1 is 1.00 bits per heavy atom. The lowest BCUT2D eigenvalue weighted by Gasteiger charge is -1.93. The minimum Gasteiger partial charge on any atom is -0.299 e. The van der Waals surface area contributed by atoms with Gasteiger partial charge in [-0.25, -0.2) is 0 Å². The molecule has 69 valence electrons. The second-order valence-electron chi connectivity index (χ2n) is 2.93. The first-order chi connectivity index (χ1) is 5.91. The van der Waals surface area contributed by atoms with Crippen molar-refractivity contribution < 1.29 is 5.11 Å². The van der Waals surface area contributed by atoms with Gasteiger partial charge in [0.05, 0.1) is 0 Å². The van der Waals surface area contributed by atoms with Crippen LogP contribution >= 0.6 is 0 Å². The van der Waals surface area contributed by atoms with Crippen LogP contribution in [0.15, 0.2) is 24.5 Å². The van der Waals surface area contributed by atoms with Gasteiger partial charge in [-0.1, -0.05) is 38.3 Å². The molecule has 1 nitrogen and oxygen atoms in total. The third-order valence-electron chi connectivity index (χ3n) is 1.76. The Balaban J connectivity index is 3.02. The summed E-state index contributed by atoms with van der Waals surface area (Å²) < 4.78 is 0. The Bertz CT molecular complexity index is 125. The second-order valence-corrected chi connectivity index (χ2v) is 2.93. The van der Waals surface area contributed by atoms with Crippen LogP contribution in [-0.4, -0.2) is 0 Å². The topological polar surface area (TPSA) is 19.9 Å². The lowest BCUT2D eigenvalue weighted by atomic mass is 10.1. The third-order valence-corrected chi connectivity index (χ3v) is 1.76. The van der Waals surface area contributed by atoms with Gasteiger partial charge in [-0.05, 0) is 25.3 Å². The van der Waals surface area contributed by atoms with E-state index in [4.69, 9.17) is 0 Å². The minimum absolute atomic E-state index is 0.789. The van der Waals surface area contributed by atoms with Crippen molar-refractivity contribution in [3.63, 3.8) is 0 Å². The average molecular weight is 167 g/mol. The molecule has 0 N–H and O–H groups in total. The molecule has 0 fully saturated rings. The first-order valence-electron chi connectivity index (χ1n) is 4.83. The molecule has 0 spiro atoms. The van der Waals surface area contributed by atoms with E-state index in [9.17, 15) is 5.11 Å². The molecule has 1 radical (unpaired) electrons. The van der Waals surface area contributed by atoms with E-state index in [-0.39, 0.29) is 0 Å². The van der Waals surface area contributed by atoms with Crippen LogP contribution in [0.25, 0.3) is 0 Å². The summed E-state index contributed by atoms with van der Waals surface area (Å²) in [5, 5.41) is 9.89. The van der Waals surface area contributed by atoms with E-state index in [1.165, 1.54) is 25.7 Å². The smallest absolute Gasteiger partial charge is 0.139 e. The maximum atomic E-state index is 9.89. The molecule has 0 aliphatic rings. The SMILES string of the molecule is CCCCCCC=CCC=C[O]. The number of unbranched alkanes of at least 4 members (excludes halogenated alkanes) is 4. The zero-order chi connectivity index (χ0) is 9.07. The average Bonchev–Trinajstić information content (AvgIpc) is 2.10. The van der Waals surface area contributed by atoms with Crippen molar-refractivity contribution in [2.75, 3.05) is 0 Å². The highest BCUT2D eigenvalue weighted by Gasteiger charge is 1.83. The molecular formula is C11H19O. The molecule has 12 heavy (non-hydrogen) atoms. The molecule has 0 saturated carbocycles. The molecule has 0 aromatic carbocycles. The normalized spacial score (nSPS) is 11.8. The zero-order valence-electron chi connectivity index (χ0n) is 7.96. The molecule has 0 heterocycles. The number of hydrogen-bond acceptors (Lipinski definition) is 0. The van der Waals surface area contributed by atoms with Gasteiger partial charge in [0.2, 0.25) is 0 Å². The molecule has 0 aromatic heterocycles. The van der Waals surface area contributed by atoms with Crippen LogP contribution in [0.1, 0.15) is 45.4 Å². The molecular weight excluding hydrogens is 148 g/mol. The molecule has 0 amide bonds. The van der Waals surface area contributed by atoms with Crippen LogP contribution in [0.3, 0.4) is 0 Å². The van der Waals surface area contributed by atoms with Crippen LogP contribution in [0.4, 0.5) is 0 Å². The molecule has 0 saturated heterocycles. The van der Waals surface area contributed by atoms with Gasteiger partial charge in [0.1, 0.15) is 6.26 Å². The van der Waals surface area contributed by atoms with Crippen molar-refractivity contribution >= 4 is 0 Å². The van der Waals surface area contributed by atoms with Crippen LogP contribution in [0.5, 0.6) is 0 Å². The van der Waals surface area contributed by atoms with Crippen LogP contribution in [-0.2, 0) is 5.11 Å². The van der Waals surface area contributed by atoms with E-state index in [1.807, 2.05) is 0 Å². The number of hydrogen-bond donors (Lipinski definition) is 0.